The van der Waals surface area contributed by atoms with E-state index in [9.17, 15) is 14.2 Å². The molecule has 9 heteroatoms. The SMILES string of the molecule is CCOC(=O)C1CSCN1C(=O)C(C)CP(=O)(OC)OC. The molecule has 1 fully saturated rings. The molecule has 2 atom stereocenters. The average Bonchev–Trinajstić information content (AvgIpc) is 2.95. The first-order chi connectivity index (χ1) is 9.88. The van der Waals surface area contributed by atoms with E-state index < -0.39 is 25.5 Å². The van der Waals surface area contributed by atoms with Gasteiger partial charge in [-0.25, -0.2) is 4.79 Å². The second kappa shape index (κ2) is 8.17. The first kappa shape index (κ1) is 18.5. The highest BCUT2D eigenvalue weighted by Crippen LogP contribution is 2.48. The second-order valence-electron chi connectivity index (χ2n) is 4.64. The fourth-order valence-corrected chi connectivity index (χ4v) is 4.44. The van der Waals surface area contributed by atoms with Crippen LogP contribution < -0.4 is 0 Å². The van der Waals surface area contributed by atoms with Crippen molar-refractivity contribution in [3.8, 4) is 0 Å². The van der Waals surface area contributed by atoms with Crippen LogP contribution in [-0.2, 0) is 27.9 Å². The molecule has 0 aromatic heterocycles. The van der Waals surface area contributed by atoms with Gasteiger partial charge in [-0.1, -0.05) is 6.92 Å². The van der Waals surface area contributed by atoms with Gasteiger partial charge in [0.05, 0.1) is 18.6 Å². The highest BCUT2D eigenvalue weighted by atomic mass is 32.2. The summed E-state index contributed by atoms with van der Waals surface area (Å²) in [5.74, 6) is -0.260. The smallest absolute Gasteiger partial charge is 0.330 e. The maximum absolute atomic E-state index is 12.4. The summed E-state index contributed by atoms with van der Waals surface area (Å²) in [7, 11) is -0.685. The minimum atomic E-state index is -3.26. The lowest BCUT2D eigenvalue weighted by Gasteiger charge is -2.26. The molecular formula is C12H22NO6PS. The van der Waals surface area contributed by atoms with Crippen LogP contribution in [-0.4, -0.2) is 61.4 Å². The highest BCUT2D eigenvalue weighted by molar-refractivity contribution is 7.99. The van der Waals surface area contributed by atoms with Gasteiger partial charge >= 0.3 is 13.6 Å². The fourth-order valence-electron chi connectivity index (χ4n) is 2.01. The number of thioether (sulfide) groups is 1. The Hall–Kier alpha value is -0.560. The van der Waals surface area contributed by atoms with Gasteiger partial charge in [0.1, 0.15) is 6.04 Å². The van der Waals surface area contributed by atoms with Crippen LogP contribution in [0.3, 0.4) is 0 Å². The first-order valence-electron chi connectivity index (χ1n) is 6.64. The van der Waals surface area contributed by atoms with E-state index in [2.05, 4.69) is 0 Å². The minimum Gasteiger partial charge on any atom is -0.464 e. The highest BCUT2D eigenvalue weighted by Gasteiger charge is 2.39. The molecule has 1 saturated heterocycles. The van der Waals surface area contributed by atoms with E-state index in [0.717, 1.165) is 0 Å². The summed E-state index contributed by atoms with van der Waals surface area (Å²) in [6, 6.07) is -0.575. The molecule has 1 aliphatic rings. The number of nitrogens with zero attached hydrogens (tertiary/aromatic N) is 1. The number of ether oxygens (including phenoxy) is 1. The third-order valence-corrected chi connectivity index (χ3v) is 6.32. The van der Waals surface area contributed by atoms with Crippen molar-refractivity contribution >= 4 is 31.2 Å². The van der Waals surface area contributed by atoms with Crippen molar-refractivity contribution in [2.45, 2.75) is 19.9 Å². The predicted molar refractivity (Wildman–Crippen MR) is 80.2 cm³/mol. The zero-order chi connectivity index (χ0) is 16.0. The van der Waals surface area contributed by atoms with Crippen molar-refractivity contribution < 1.29 is 27.9 Å². The van der Waals surface area contributed by atoms with Crippen LogP contribution in [0.5, 0.6) is 0 Å². The Morgan fingerprint density at radius 2 is 2.00 bits per heavy atom. The summed E-state index contributed by atoms with van der Waals surface area (Å²) in [5, 5.41) is 0. The number of esters is 1. The van der Waals surface area contributed by atoms with Crippen LogP contribution in [0.1, 0.15) is 13.8 Å². The number of rotatable bonds is 7. The van der Waals surface area contributed by atoms with Gasteiger partial charge < -0.3 is 18.7 Å². The predicted octanol–water partition coefficient (Wildman–Crippen LogP) is 1.57. The molecular weight excluding hydrogens is 317 g/mol. The Morgan fingerprint density at radius 1 is 1.38 bits per heavy atom. The summed E-state index contributed by atoms with van der Waals surface area (Å²) < 4.78 is 26.8. The van der Waals surface area contributed by atoms with Gasteiger partial charge in [-0.3, -0.25) is 9.36 Å². The van der Waals surface area contributed by atoms with Crippen molar-refractivity contribution in [1.82, 2.24) is 4.90 Å². The van der Waals surface area contributed by atoms with Gasteiger partial charge in [0, 0.05) is 25.9 Å². The van der Waals surface area contributed by atoms with E-state index in [1.807, 2.05) is 0 Å². The van der Waals surface area contributed by atoms with E-state index >= 15 is 0 Å². The normalized spacial score (nSPS) is 20.4. The molecule has 2 unspecified atom stereocenters. The van der Waals surface area contributed by atoms with Crippen molar-refractivity contribution in [2.75, 3.05) is 38.6 Å². The van der Waals surface area contributed by atoms with Crippen molar-refractivity contribution in [3.05, 3.63) is 0 Å². The van der Waals surface area contributed by atoms with E-state index in [1.54, 1.807) is 13.8 Å². The van der Waals surface area contributed by atoms with Crippen molar-refractivity contribution in [3.63, 3.8) is 0 Å². The first-order valence-corrected chi connectivity index (χ1v) is 9.52. The topological polar surface area (TPSA) is 82.1 Å². The molecule has 0 spiro atoms. The molecule has 0 radical (unpaired) electrons. The third-order valence-electron chi connectivity index (χ3n) is 3.20. The van der Waals surface area contributed by atoms with Crippen LogP contribution in [0.4, 0.5) is 0 Å². The number of carbonyl (C=O) groups excluding carboxylic acids is 2. The molecule has 1 aliphatic heterocycles. The van der Waals surface area contributed by atoms with E-state index in [4.69, 9.17) is 13.8 Å². The maximum atomic E-state index is 12.4. The molecule has 0 aliphatic carbocycles. The minimum absolute atomic E-state index is 0.0183. The Balaban J connectivity index is 2.73. The standard InChI is InChI=1S/C12H22NO6PS/c1-5-19-12(15)10-7-21-8-13(10)11(14)9(2)6-20(16,17-3)18-4/h9-10H,5-8H2,1-4H3. The summed E-state index contributed by atoms with van der Waals surface area (Å²) in [5.41, 5.74) is 0. The Bertz CT molecular complexity index is 424. The van der Waals surface area contributed by atoms with Gasteiger partial charge in [-0.15, -0.1) is 11.8 Å². The van der Waals surface area contributed by atoms with Gasteiger partial charge in [0.15, 0.2) is 0 Å². The summed E-state index contributed by atoms with van der Waals surface area (Å²) in [6.45, 7) is 3.65. The van der Waals surface area contributed by atoms with Crippen LogP contribution >= 0.6 is 19.4 Å². The number of hydrogen-bond acceptors (Lipinski definition) is 7. The number of carbonyl (C=O) groups is 2. The summed E-state index contributed by atoms with van der Waals surface area (Å²) in [6.07, 6.45) is -0.0183. The zero-order valence-electron chi connectivity index (χ0n) is 12.7. The Kier molecular flexibility index (Phi) is 7.20. The molecule has 0 N–H and O–H groups in total. The number of amides is 1. The van der Waals surface area contributed by atoms with Gasteiger partial charge in [0.2, 0.25) is 5.91 Å². The molecule has 21 heavy (non-hydrogen) atoms. The molecule has 1 amide bonds. The molecule has 1 rings (SSSR count). The molecule has 122 valence electrons. The van der Waals surface area contributed by atoms with Crippen LogP contribution in [0, 0.1) is 5.92 Å². The quantitative estimate of drug-likeness (QED) is 0.514. The Labute approximate surface area is 129 Å². The lowest BCUT2D eigenvalue weighted by molar-refractivity contribution is -0.153. The largest absolute Gasteiger partial charge is 0.464 e. The molecule has 0 aromatic rings. The van der Waals surface area contributed by atoms with Crippen LogP contribution in [0.15, 0.2) is 0 Å². The Morgan fingerprint density at radius 3 is 2.52 bits per heavy atom. The lowest BCUT2D eigenvalue weighted by atomic mass is 10.1. The fraction of sp³-hybridized carbons (Fsp3) is 0.833. The summed E-state index contributed by atoms with van der Waals surface area (Å²) >= 11 is 1.49. The number of hydrogen-bond donors (Lipinski definition) is 0. The summed E-state index contributed by atoms with van der Waals surface area (Å²) in [4.78, 5) is 25.8. The molecule has 0 saturated carbocycles. The molecule has 1 heterocycles. The second-order valence-corrected chi connectivity index (χ2v) is 7.95. The van der Waals surface area contributed by atoms with Gasteiger partial charge in [-0.2, -0.15) is 0 Å². The van der Waals surface area contributed by atoms with E-state index in [-0.39, 0.29) is 18.7 Å². The molecule has 0 bridgehead atoms. The van der Waals surface area contributed by atoms with E-state index in [1.165, 1.54) is 30.9 Å². The average molecular weight is 339 g/mol. The van der Waals surface area contributed by atoms with Gasteiger partial charge in [-0.05, 0) is 6.92 Å². The van der Waals surface area contributed by atoms with Crippen molar-refractivity contribution in [1.29, 1.82) is 0 Å². The monoisotopic (exact) mass is 339 g/mol. The molecule has 0 aromatic carbocycles. The van der Waals surface area contributed by atoms with Crippen LogP contribution in [0.2, 0.25) is 0 Å². The van der Waals surface area contributed by atoms with Crippen molar-refractivity contribution in [2.24, 2.45) is 5.92 Å². The van der Waals surface area contributed by atoms with E-state index in [0.29, 0.717) is 11.6 Å². The van der Waals surface area contributed by atoms with Gasteiger partial charge in [0.25, 0.3) is 0 Å². The van der Waals surface area contributed by atoms with Crippen LogP contribution in [0.25, 0.3) is 0 Å². The third kappa shape index (κ3) is 4.71. The zero-order valence-corrected chi connectivity index (χ0v) is 14.4. The molecule has 7 nitrogen and oxygen atoms in total. The lowest BCUT2D eigenvalue weighted by Crippen LogP contribution is -2.45. The maximum Gasteiger partial charge on any atom is 0.330 e.